The van der Waals surface area contributed by atoms with Gasteiger partial charge in [-0.25, -0.2) is 0 Å². The van der Waals surface area contributed by atoms with E-state index < -0.39 is 29.8 Å². The van der Waals surface area contributed by atoms with Crippen molar-refractivity contribution < 1.29 is 24.0 Å². The van der Waals surface area contributed by atoms with Crippen LogP contribution >= 0.6 is 0 Å². The van der Waals surface area contributed by atoms with Crippen LogP contribution in [0.5, 0.6) is 0 Å². The Labute approximate surface area is 172 Å². The summed E-state index contributed by atoms with van der Waals surface area (Å²) in [5.74, 6) is -2.08. The molecule has 0 saturated carbocycles. The maximum absolute atomic E-state index is 12.0. The molecule has 0 bridgehead atoms. The van der Waals surface area contributed by atoms with Crippen molar-refractivity contribution in [3.8, 4) is 0 Å². The van der Waals surface area contributed by atoms with Crippen LogP contribution in [0.1, 0.15) is 59.8 Å². The molecule has 0 saturated heterocycles. The molecule has 10 heteroatoms. The summed E-state index contributed by atoms with van der Waals surface area (Å²) < 4.78 is 0. The molecule has 0 aliphatic heterocycles. The van der Waals surface area contributed by atoms with Crippen LogP contribution < -0.4 is 26.6 Å². The fraction of sp³-hybridized carbons (Fsp3) is 0.737. The molecule has 0 rings (SSSR count). The molecule has 0 aromatic rings. The topological polar surface area (TPSA) is 146 Å². The van der Waals surface area contributed by atoms with E-state index in [4.69, 9.17) is 0 Å². The lowest BCUT2D eigenvalue weighted by Gasteiger charge is -2.16. The van der Waals surface area contributed by atoms with Crippen LogP contribution in [-0.4, -0.2) is 61.3 Å². The summed E-state index contributed by atoms with van der Waals surface area (Å²) in [6, 6.07) is -1.60. The monoisotopic (exact) mass is 413 g/mol. The second kappa shape index (κ2) is 15.3. The minimum atomic E-state index is -0.877. The zero-order valence-electron chi connectivity index (χ0n) is 17.9. The Morgan fingerprint density at radius 3 is 1.69 bits per heavy atom. The van der Waals surface area contributed by atoms with Crippen LogP contribution in [0.3, 0.4) is 0 Å². The van der Waals surface area contributed by atoms with Crippen LogP contribution in [0.2, 0.25) is 0 Å². The summed E-state index contributed by atoms with van der Waals surface area (Å²) in [6.07, 6.45) is 3.87. The molecule has 0 aliphatic carbocycles. The summed E-state index contributed by atoms with van der Waals surface area (Å²) in [5, 5.41) is 12.5. The van der Waals surface area contributed by atoms with Gasteiger partial charge in [0.1, 0.15) is 12.1 Å². The highest BCUT2D eigenvalue weighted by molar-refractivity contribution is 5.93. The van der Waals surface area contributed by atoms with Gasteiger partial charge < -0.3 is 26.6 Å². The van der Waals surface area contributed by atoms with Gasteiger partial charge in [-0.15, -0.1) is 0 Å². The van der Waals surface area contributed by atoms with E-state index in [2.05, 4.69) is 26.6 Å². The van der Waals surface area contributed by atoms with E-state index >= 15 is 0 Å². The number of nitrogens with one attached hydrogen (secondary N) is 5. The van der Waals surface area contributed by atoms with Crippen molar-refractivity contribution in [2.24, 2.45) is 0 Å². The molecule has 2 atom stereocenters. The first kappa shape index (κ1) is 26.4. The quantitative estimate of drug-likeness (QED) is 0.240. The van der Waals surface area contributed by atoms with Crippen molar-refractivity contribution in [3.63, 3.8) is 0 Å². The van der Waals surface area contributed by atoms with Gasteiger partial charge in [0.15, 0.2) is 0 Å². The zero-order valence-corrected chi connectivity index (χ0v) is 17.9. The Hall–Kier alpha value is -2.65. The van der Waals surface area contributed by atoms with Crippen molar-refractivity contribution in [2.45, 2.75) is 71.9 Å². The van der Waals surface area contributed by atoms with E-state index in [-0.39, 0.29) is 24.9 Å². The third kappa shape index (κ3) is 13.2. The SMILES string of the molecule is CCCCCC(=O)NCC(=O)N[C@@H](C)C(=O)NCC(=O)N[C@@H](C)C(=O)NCCC. The molecule has 0 aromatic heterocycles. The predicted molar refractivity (Wildman–Crippen MR) is 109 cm³/mol. The summed E-state index contributed by atoms with van der Waals surface area (Å²) in [4.78, 5) is 58.9. The fourth-order valence-electron chi connectivity index (χ4n) is 2.24. The molecule has 0 radical (unpaired) electrons. The van der Waals surface area contributed by atoms with Crippen molar-refractivity contribution in [1.29, 1.82) is 0 Å². The Bertz CT molecular complexity index is 567. The molecule has 5 amide bonds. The van der Waals surface area contributed by atoms with Crippen molar-refractivity contribution in [3.05, 3.63) is 0 Å². The van der Waals surface area contributed by atoms with Gasteiger partial charge in [0.05, 0.1) is 13.1 Å². The highest BCUT2D eigenvalue weighted by Crippen LogP contribution is 1.97. The lowest BCUT2D eigenvalue weighted by atomic mass is 10.2. The highest BCUT2D eigenvalue weighted by Gasteiger charge is 2.18. The minimum absolute atomic E-state index is 0.209. The van der Waals surface area contributed by atoms with Crippen LogP contribution in [0.15, 0.2) is 0 Å². The van der Waals surface area contributed by atoms with Gasteiger partial charge in [-0.2, -0.15) is 0 Å². The number of carbonyl (C=O) groups excluding carboxylic acids is 5. The van der Waals surface area contributed by atoms with Gasteiger partial charge in [-0.3, -0.25) is 24.0 Å². The molecular formula is C19H35N5O5. The molecule has 0 fully saturated rings. The first-order valence-electron chi connectivity index (χ1n) is 10.1. The van der Waals surface area contributed by atoms with Gasteiger partial charge >= 0.3 is 0 Å². The molecular weight excluding hydrogens is 378 g/mol. The summed E-state index contributed by atoms with van der Waals surface area (Å²) in [7, 11) is 0. The Kier molecular flexibility index (Phi) is 13.9. The number of hydrogen-bond donors (Lipinski definition) is 5. The average Bonchev–Trinajstić information content (AvgIpc) is 2.68. The predicted octanol–water partition coefficient (Wildman–Crippen LogP) is -0.665. The average molecular weight is 414 g/mol. The molecule has 29 heavy (non-hydrogen) atoms. The molecule has 5 N–H and O–H groups in total. The minimum Gasteiger partial charge on any atom is -0.354 e. The summed E-state index contributed by atoms with van der Waals surface area (Å²) >= 11 is 0. The molecule has 10 nitrogen and oxygen atoms in total. The van der Waals surface area contributed by atoms with Crippen LogP contribution in [0, 0.1) is 0 Å². The van der Waals surface area contributed by atoms with E-state index in [9.17, 15) is 24.0 Å². The molecule has 0 aliphatic rings. The summed E-state index contributed by atoms with van der Waals surface area (Å²) in [5.41, 5.74) is 0. The number of amides is 5. The molecule has 166 valence electrons. The van der Waals surface area contributed by atoms with E-state index in [1.807, 2.05) is 13.8 Å². The van der Waals surface area contributed by atoms with Gasteiger partial charge in [-0.1, -0.05) is 26.7 Å². The molecule has 0 aromatic carbocycles. The van der Waals surface area contributed by atoms with Gasteiger partial charge in [0, 0.05) is 13.0 Å². The van der Waals surface area contributed by atoms with E-state index in [0.29, 0.717) is 13.0 Å². The lowest BCUT2D eigenvalue weighted by Crippen LogP contribution is -2.51. The normalized spacial score (nSPS) is 12.3. The number of rotatable bonds is 14. The maximum atomic E-state index is 12.0. The molecule has 0 heterocycles. The molecule has 0 spiro atoms. The second-order valence-corrected chi connectivity index (χ2v) is 6.82. The van der Waals surface area contributed by atoms with E-state index in [1.165, 1.54) is 6.92 Å². The Morgan fingerprint density at radius 1 is 0.655 bits per heavy atom. The first-order chi connectivity index (χ1) is 13.7. The van der Waals surface area contributed by atoms with Crippen molar-refractivity contribution in [1.82, 2.24) is 26.6 Å². The largest absolute Gasteiger partial charge is 0.354 e. The number of carbonyl (C=O) groups is 5. The zero-order chi connectivity index (χ0) is 22.2. The smallest absolute Gasteiger partial charge is 0.242 e. The lowest BCUT2D eigenvalue weighted by molar-refractivity contribution is -0.131. The second-order valence-electron chi connectivity index (χ2n) is 6.82. The Balaban J connectivity index is 4.11. The van der Waals surface area contributed by atoms with Gasteiger partial charge in [-0.05, 0) is 26.7 Å². The van der Waals surface area contributed by atoms with Gasteiger partial charge in [0.2, 0.25) is 29.5 Å². The maximum Gasteiger partial charge on any atom is 0.242 e. The van der Waals surface area contributed by atoms with E-state index in [0.717, 1.165) is 25.7 Å². The molecule has 0 unspecified atom stereocenters. The van der Waals surface area contributed by atoms with Crippen LogP contribution in [0.25, 0.3) is 0 Å². The van der Waals surface area contributed by atoms with Crippen LogP contribution in [0.4, 0.5) is 0 Å². The Morgan fingerprint density at radius 2 is 1.17 bits per heavy atom. The van der Waals surface area contributed by atoms with Crippen molar-refractivity contribution >= 4 is 29.5 Å². The number of unbranched alkanes of at least 4 members (excludes halogenated alkanes) is 2. The van der Waals surface area contributed by atoms with Gasteiger partial charge in [0.25, 0.3) is 0 Å². The third-order valence-corrected chi connectivity index (χ3v) is 3.97. The van der Waals surface area contributed by atoms with E-state index in [1.54, 1.807) is 6.92 Å². The van der Waals surface area contributed by atoms with Crippen molar-refractivity contribution in [2.75, 3.05) is 19.6 Å². The summed E-state index contributed by atoms with van der Waals surface area (Å²) in [6.45, 7) is 6.95. The fourth-order valence-corrected chi connectivity index (χ4v) is 2.24. The number of hydrogen-bond acceptors (Lipinski definition) is 5. The highest BCUT2D eigenvalue weighted by atomic mass is 16.2. The first-order valence-corrected chi connectivity index (χ1v) is 10.1. The van der Waals surface area contributed by atoms with Crippen LogP contribution in [-0.2, 0) is 24.0 Å². The third-order valence-electron chi connectivity index (χ3n) is 3.97. The standard InChI is InChI=1S/C19H35N5O5/c1-5-7-8-9-15(25)21-11-16(26)24-14(4)19(29)22-12-17(27)23-13(3)18(28)20-10-6-2/h13-14H,5-12H2,1-4H3,(H,20,28)(H,21,25)(H,22,29)(H,23,27)(H,24,26)/t13-,14-/m0/s1.